The molecule has 3 heterocycles. The highest BCUT2D eigenvalue weighted by Gasteiger charge is 2.50. The number of fused-ring (bicyclic) bond motifs is 1. The van der Waals surface area contributed by atoms with Gasteiger partial charge in [0, 0.05) is 11.5 Å². The van der Waals surface area contributed by atoms with Gasteiger partial charge in [-0.1, -0.05) is 0 Å². The molecule has 108 valence electrons. The number of furan rings is 1. The van der Waals surface area contributed by atoms with Crippen molar-refractivity contribution < 1.29 is 14.0 Å². The van der Waals surface area contributed by atoms with Crippen molar-refractivity contribution >= 4 is 35.3 Å². The molecule has 1 N–H and O–H groups in total. The number of nitrogens with zero attached hydrogens (tertiary/aromatic N) is 1. The van der Waals surface area contributed by atoms with E-state index in [0.717, 1.165) is 5.75 Å². The van der Waals surface area contributed by atoms with Crippen molar-refractivity contribution in [3.63, 3.8) is 0 Å². The maximum atomic E-state index is 12.3. The lowest BCUT2D eigenvalue weighted by molar-refractivity contribution is -0.140. The molecule has 2 atom stereocenters. The molecule has 2 amide bonds. The highest BCUT2D eigenvalue weighted by Crippen LogP contribution is 2.44. The van der Waals surface area contributed by atoms with Crippen LogP contribution >= 0.6 is 23.5 Å². The van der Waals surface area contributed by atoms with Crippen LogP contribution in [0.25, 0.3) is 0 Å². The van der Waals surface area contributed by atoms with Gasteiger partial charge in [-0.2, -0.15) is 0 Å². The number of rotatable bonds is 3. The summed E-state index contributed by atoms with van der Waals surface area (Å²) in [7, 11) is 0. The van der Waals surface area contributed by atoms with Crippen molar-refractivity contribution in [2.45, 2.75) is 24.4 Å². The molecule has 2 aliphatic heterocycles. The van der Waals surface area contributed by atoms with Gasteiger partial charge in [-0.25, -0.2) is 0 Å². The molecule has 0 aliphatic carbocycles. The summed E-state index contributed by atoms with van der Waals surface area (Å²) in [6.07, 6.45) is 1.58. The topological polar surface area (TPSA) is 62.6 Å². The largest absolute Gasteiger partial charge is 0.467 e. The van der Waals surface area contributed by atoms with Gasteiger partial charge in [-0.3, -0.25) is 9.59 Å². The second kappa shape index (κ2) is 5.37. The van der Waals surface area contributed by atoms with Crippen LogP contribution in [0.4, 0.5) is 0 Å². The summed E-state index contributed by atoms with van der Waals surface area (Å²) in [5, 5.41) is 2.85. The second-order valence-electron chi connectivity index (χ2n) is 5.06. The van der Waals surface area contributed by atoms with Crippen LogP contribution in [-0.2, 0) is 16.1 Å². The van der Waals surface area contributed by atoms with E-state index >= 15 is 0 Å². The summed E-state index contributed by atoms with van der Waals surface area (Å²) in [6.45, 7) is 2.40. The van der Waals surface area contributed by atoms with E-state index < -0.39 is 0 Å². The third-order valence-electron chi connectivity index (χ3n) is 3.56. The summed E-state index contributed by atoms with van der Waals surface area (Å²) >= 11 is 3.34. The molecule has 1 aromatic heterocycles. The van der Waals surface area contributed by atoms with Gasteiger partial charge in [0.25, 0.3) is 0 Å². The first-order valence-electron chi connectivity index (χ1n) is 6.44. The monoisotopic (exact) mass is 312 g/mol. The minimum Gasteiger partial charge on any atom is -0.467 e. The maximum absolute atomic E-state index is 12.3. The lowest BCUT2D eigenvalue weighted by Gasteiger charge is -2.40. The zero-order chi connectivity index (χ0) is 14.2. The van der Waals surface area contributed by atoms with Gasteiger partial charge in [-0.15, -0.1) is 23.5 Å². The van der Waals surface area contributed by atoms with Crippen LogP contribution in [0, 0.1) is 0 Å². The summed E-state index contributed by atoms with van der Waals surface area (Å²) in [6, 6.07) is 3.24. The predicted molar refractivity (Wildman–Crippen MR) is 79.4 cm³/mol. The van der Waals surface area contributed by atoms with Crippen LogP contribution in [-0.4, -0.2) is 44.9 Å². The quantitative estimate of drug-likeness (QED) is 0.911. The van der Waals surface area contributed by atoms with Crippen molar-refractivity contribution in [1.82, 2.24) is 10.2 Å². The molecule has 2 aliphatic rings. The summed E-state index contributed by atoms with van der Waals surface area (Å²) in [4.78, 5) is 26.0. The standard InChI is InChI=1S/C13H16N2O3S2/c1-13-8-19-7-11(16)15(13)10(6-20-13)12(17)14-5-9-3-2-4-18-9/h2-4,10H,5-8H2,1H3,(H,14,17)/t10-,13+/m1/s1. The van der Waals surface area contributed by atoms with Crippen molar-refractivity contribution in [3.8, 4) is 0 Å². The third kappa shape index (κ3) is 2.44. The van der Waals surface area contributed by atoms with E-state index in [2.05, 4.69) is 5.32 Å². The molecule has 0 spiro atoms. The van der Waals surface area contributed by atoms with Crippen LogP contribution in [0.3, 0.4) is 0 Å². The molecular formula is C13H16N2O3S2. The fourth-order valence-corrected chi connectivity index (χ4v) is 5.28. The van der Waals surface area contributed by atoms with Crippen molar-refractivity contribution in [3.05, 3.63) is 24.2 Å². The normalized spacial score (nSPS) is 29.4. The Morgan fingerprint density at radius 3 is 3.25 bits per heavy atom. The van der Waals surface area contributed by atoms with E-state index in [4.69, 9.17) is 4.42 Å². The van der Waals surface area contributed by atoms with Crippen molar-refractivity contribution in [1.29, 1.82) is 0 Å². The Hall–Kier alpha value is -1.08. The molecule has 0 aromatic carbocycles. The van der Waals surface area contributed by atoms with Gasteiger partial charge in [-0.05, 0) is 19.1 Å². The van der Waals surface area contributed by atoms with E-state index in [9.17, 15) is 9.59 Å². The SMILES string of the molecule is C[C@]12CSCC(=O)N1[C@@H](C(=O)NCc1ccco1)CS2. The molecule has 2 saturated heterocycles. The van der Waals surface area contributed by atoms with Crippen molar-refractivity contribution in [2.75, 3.05) is 17.3 Å². The number of nitrogens with one attached hydrogen (secondary N) is 1. The third-order valence-corrected chi connectivity index (χ3v) is 6.40. The van der Waals surface area contributed by atoms with Gasteiger partial charge < -0.3 is 14.6 Å². The van der Waals surface area contributed by atoms with Crippen LogP contribution < -0.4 is 5.32 Å². The molecule has 0 saturated carbocycles. The first-order chi connectivity index (χ1) is 9.60. The van der Waals surface area contributed by atoms with Gasteiger partial charge >= 0.3 is 0 Å². The minimum atomic E-state index is -0.367. The highest BCUT2D eigenvalue weighted by molar-refractivity contribution is 8.04. The first kappa shape index (κ1) is 13.9. The molecular weight excluding hydrogens is 296 g/mol. The molecule has 1 aromatic rings. The number of hydrogen-bond donors (Lipinski definition) is 1. The fourth-order valence-electron chi connectivity index (χ4n) is 2.58. The Bertz CT molecular complexity index is 520. The Morgan fingerprint density at radius 2 is 2.50 bits per heavy atom. The van der Waals surface area contributed by atoms with Gasteiger partial charge in [0.15, 0.2) is 0 Å². The van der Waals surface area contributed by atoms with Gasteiger partial charge in [0.05, 0.1) is 23.4 Å². The van der Waals surface area contributed by atoms with Crippen molar-refractivity contribution in [2.24, 2.45) is 0 Å². The lowest BCUT2D eigenvalue weighted by Crippen LogP contribution is -2.57. The fraction of sp³-hybridized carbons (Fsp3) is 0.538. The number of carbonyl (C=O) groups is 2. The van der Waals surface area contributed by atoms with E-state index in [1.54, 1.807) is 40.8 Å². The van der Waals surface area contributed by atoms with Gasteiger partial charge in [0.1, 0.15) is 11.8 Å². The van der Waals surface area contributed by atoms with E-state index in [1.807, 2.05) is 13.0 Å². The molecule has 0 bridgehead atoms. The number of thioether (sulfide) groups is 2. The number of amides is 2. The Balaban J connectivity index is 1.67. The average molecular weight is 312 g/mol. The van der Waals surface area contributed by atoms with E-state index in [-0.39, 0.29) is 22.7 Å². The lowest BCUT2D eigenvalue weighted by atomic mass is 10.2. The van der Waals surface area contributed by atoms with E-state index in [0.29, 0.717) is 23.8 Å². The smallest absolute Gasteiger partial charge is 0.244 e. The zero-order valence-corrected chi connectivity index (χ0v) is 12.8. The summed E-state index contributed by atoms with van der Waals surface area (Å²) < 4.78 is 5.19. The molecule has 20 heavy (non-hydrogen) atoms. The van der Waals surface area contributed by atoms with Crippen LogP contribution in [0.5, 0.6) is 0 Å². The van der Waals surface area contributed by atoms with Crippen LogP contribution in [0.15, 0.2) is 22.8 Å². The molecule has 0 radical (unpaired) electrons. The zero-order valence-electron chi connectivity index (χ0n) is 11.1. The van der Waals surface area contributed by atoms with Crippen LogP contribution in [0.2, 0.25) is 0 Å². The number of hydrogen-bond acceptors (Lipinski definition) is 5. The summed E-state index contributed by atoms with van der Waals surface area (Å²) in [5.74, 6) is 2.69. The first-order valence-corrected chi connectivity index (χ1v) is 8.58. The Morgan fingerprint density at radius 1 is 1.65 bits per heavy atom. The molecule has 5 nitrogen and oxygen atoms in total. The second-order valence-corrected chi connectivity index (χ2v) is 7.54. The van der Waals surface area contributed by atoms with Gasteiger partial charge in [0.2, 0.25) is 11.8 Å². The Labute approximate surface area is 125 Å². The maximum Gasteiger partial charge on any atom is 0.244 e. The highest BCUT2D eigenvalue weighted by atomic mass is 32.2. The molecule has 2 fully saturated rings. The number of carbonyl (C=O) groups excluding carboxylic acids is 2. The molecule has 7 heteroatoms. The predicted octanol–water partition coefficient (Wildman–Crippen LogP) is 1.30. The summed E-state index contributed by atoms with van der Waals surface area (Å²) in [5.41, 5.74) is 0. The van der Waals surface area contributed by atoms with Crippen LogP contribution in [0.1, 0.15) is 12.7 Å². The minimum absolute atomic E-state index is 0.0619. The molecule has 3 rings (SSSR count). The Kier molecular flexibility index (Phi) is 3.72. The average Bonchev–Trinajstić information content (AvgIpc) is 3.03. The van der Waals surface area contributed by atoms with E-state index in [1.165, 1.54) is 0 Å². The molecule has 0 unspecified atom stereocenters.